The maximum absolute atomic E-state index is 5.47. The van der Waals surface area contributed by atoms with Crippen LogP contribution in [0.3, 0.4) is 0 Å². The van der Waals surface area contributed by atoms with Crippen molar-refractivity contribution < 1.29 is 0 Å². The van der Waals surface area contributed by atoms with Crippen molar-refractivity contribution in [3.63, 3.8) is 0 Å². The van der Waals surface area contributed by atoms with Gasteiger partial charge in [0.05, 0.1) is 6.04 Å². The fourth-order valence-corrected chi connectivity index (χ4v) is 2.71. The first kappa shape index (κ1) is 16.5. The van der Waals surface area contributed by atoms with Gasteiger partial charge in [-0.2, -0.15) is 0 Å². The fourth-order valence-electron chi connectivity index (χ4n) is 2.43. The van der Waals surface area contributed by atoms with Crippen LogP contribution in [0.4, 0.5) is 5.69 Å². The van der Waals surface area contributed by atoms with Crippen molar-refractivity contribution in [2.75, 3.05) is 5.32 Å². The molecule has 0 heterocycles. The van der Waals surface area contributed by atoms with Crippen LogP contribution in [0, 0.1) is 0 Å². The lowest BCUT2D eigenvalue weighted by atomic mass is 9.86. The lowest BCUT2D eigenvalue weighted by molar-refractivity contribution is 0.592. The Morgan fingerprint density at radius 2 is 1.55 bits per heavy atom. The molecule has 0 fully saturated rings. The first-order valence-corrected chi connectivity index (χ1v) is 8.01. The van der Waals surface area contributed by atoms with Gasteiger partial charge in [-0.25, -0.2) is 0 Å². The average molecular weight is 312 g/mol. The Labute approximate surface area is 139 Å². The molecule has 0 bridgehead atoms. The van der Waals surface area contributed by atoms with Crippen molar-refractivity contribution >= 4 is 23.0 Å². The van der Waals surface area contributed by atoms with Crippen molar-refractivity contribution in [1.82, 2.24) is 5.32 Å². The van der Waals surface area contributed by atoms with Crippen LogP contribution in [0.1, 0.15) is 44.9 Å². The quantitative estimate of drug-likeness (QED) is 0.777. The van der Waals surface area contributed by atoms with Gasteiger partial charge in [0, 0.05) is 5.69 Å². The molecule has 2 aromatic rings. The second-order valence-electron chi connectivity index (χ2n) is 6.53. The van der Waals surface area contributed by atoms with Gasteiger partial charge in [-0.15, -0.1) is 0 Å². The Bertz CT molecular complexity index is 629. The van der Waals surface area contributed by atoms with E-state index >= 15 is 0 Å². The van der Waals surface area contributed by atoms with Gasteiger partial charge in [-0.05, 0) is 41.7 Å². The summed E-state index contributed by atoms with van der Waals surface area (Å²) in [4.78, 5) is 0. The van der Waals surface area contributed by atoms with Crippen molar-refractivity contribution in [2.45, 2.75) is 39.2 Å². The Morgan fingerprint density at radius 1 is 0.955 bits per heavy atom. The monoisotopic (exact) mass is 312 g/mol. The molecule has 1 atom stereocenters. The molecule has 0 aliphatic rings. The van der Waals surface area contributed by atoms with Crippen LogP contribution in [0.25, 0.3) is 0 Å². The first-order chi connectivity index (χ1) is 10.4. The van der Waals surface area contributed by atoms with Gasteiger partial charge in [0.15, 0.2) is 5.11 Å². The van der Waals surface area contributed by atoms with E-state index in [1.54, 1.807) is 0 Å². The predicted molar refractivity (Wildman–Crippen MR) is 99.4 cm³/mol. The molecule has 0 radical (unpaired) electrons. The summed E-state index contributed by atoms with van der Waals surface area (Å²) in [5, 5.41) is 7.33. The molecule has 0 aromatic heterocycles. The number of benzene rings is 2. The normalized spacial score (nSPS) is 12.5. The van der Waals surface area contributed by atoms with Crippen molar-refractivity contribution in [3.8, 4) is 0 Å². The third-order valence-corrected chi connectivity index (χ3v) is 3.85. The zero-order valence-electron chi connectivity index (χ0n) is 13.7. The summed E-state index contributed by atoms with van der Waals surface area (Å²) in [5.74, 6) is 0. The minimum absolute atomic E-state index is 0.0737. The minimum Gasteiger partial charge on any atom is -0.356 e. The topological polar surface area (TPSA) is 24.1 Å². The molecule has 0 saturated carbocycles. The van der Waals surface area contributed by atoms with E-state index in [-0.39, 0.29) is 11.5 Å². The van der Waals surface area contributed by atoms with Gasteiger partial charge in [0.25, 0.3) is 0 Å². The Kier molecular flexibility index (Phi) is 5.19. The summed E-state index contributed by atoms with van der Waals surface area (Å²) >= 11 is 5.47. The van der Waals surface area contributed by atoms with Gasteiger partial charge in [0.2, 0.25) is 0 Å². The third-order valence-electron chi connectivity index (χ3n) is 3.63. The summed E-state index contributed by atoms with van der Waals surface area (Å²) in [5.41, 5.74) is 3.61. The zero-order valence-corrected chi connectivity index (χ0v) is 14.5. The van der Waals surface area contributed by atoms with Gasteiger partial charge in [-0.1, -0.05) is 69.3 Å². The van der Waals surface area contributed by atoms with E-state index in [0.717, 1.165) is 5.69 Å². The summed E-state index contributed by atoms with van der Waals surface area (Å²) in [7, 11) is 0. The van der Waals surface area contributed by atoms with Crippen LogP contribution in [-0.2, 0) is 5.41 Å². The lowest BCUT2D eigenvalue weighted by Gasteiger charge is -2.24. The predicted octanol–water partition coefficient (Wildman–Crippen LogP) is 5.03. The molecule has 0 aliphatic carbocycles. The third kappa shape index (κ3) is 4.31. The number of rotatable bonds is 3. The molecule has 2 N–H and O–H groups in total. The van der Waals surface area contributed by atoms with Crippen molar-refractivity contribution in [2.24, 2.45) is 0 Å². The summed E-state index contributed by atoms with van der Waals surface area (Å²) < 4.78 is 0. The number of anilines is 1. The van der Waals surface area contributed by atoms with Gasteiger partial charge in [-0.3, -0.25) is 0 Å². The van der Waals surface area contributed by atoms with Gasteiger partial charge < -0.3 is 10.6 Å². The van der Waals surface area contributed by atoms with E-state index in [0.29, 0.717) is 5.11 Å². The van der Waals surface area contributed by atoms with Crippen LogP contribution < -0.4 is 10.6 Å². The number of hydrogen-bond donors (Lipinski definition) is 2. The molecule has 2 rings (SSSR count). The summed E-state index contributed by atoms with van der Waals surface area (Å²) in [6.45, 7) is 8.72. The van der Waals surface area contributed by atoms with E-state index in [1.165, 1.54) is 11.1 Å². The highest BCUT2D eigenvalue weighted by Crippen LogP contribution is 2.29. The van der Waals surface area contributed by atoms with Crippen molar-refractivity contribution in [1.29, 1.82) is 0 Å². The van der Waals surface area contributed by atoms with Gasteiger partial charge >= 0.3 is 0 Å². The maximum atomic E-state index is 5.47. The lowest BCUT2D eigenvalue weighted by Crippen LogP contribution is -2.31. The van der Waals surface area contributed by atoms with E-state index in [2.05, 4.69) is 68.7 Å². The molecule has 0 saturated heterocycles. The van der Waals surface area contributed by atoms with Gasteiger partial charge in [0.1, 0.15) is 0 Å². The summed E-state index contributed by atoms with van der Waals surface area (Å²) in [6.07, 6.45) is 0. The second-order valence-corrected chi connectivity index (χ2v) is 6.93. The summed E-state index contributed by atoms with van der Waals surface area (Å²) in [6, 6.07) is 18.8. The molecule has 2 aromatic carbocycles. The number of nitrogens with one attached hydrogen (secondary N) is 2. The van der Waals surface area contributed by atoms with Crippen LogP contribution in [0.5, 0.6) is 0 Å². The molecule has 3 heteroatoms. The fraction of sp³-hybridized carbons (Fsp3) is 0.316. The second kappa shape index (κ2) is 6.93. The molecular formula is C19H24N2S. The molecular weight excluding hydrogens is 288 g/mol. The molecule has 0 spiro atoms. The zero-order chi connectivity index (χ0) is 16.2. The number of thiocarbonyl (C=S) groups is 1. The smallest absolute Gasteiger partial charge is 0.171 e. The van der Waals surface area contributed by atoms with Crippen LogP contribution in [0.2, 0.25) is 0 Å². The molecule has 22 heavy (non-hydrogen) atoms. The SMILES string of the molecule is C[C@H](NC(=S)Nc1ccccc1C(C)(C)C)c1ccccc1. The standard InChI is InChI=1S/C19H24N2S/c1-14(15-10-6-5-7-11-15)20-18(22)21-17-13-9-8-12-16(17)19(2,3)4/h5-14H,1-4H3,(H2,20,21,22)/t14-/m0/s1. The minimum atomic E-state index is 0.0737. The van der Waals surface area contributed by atoms with E-state index in [1.807, 2.05) is 24.3 Å². The number of para-hydroxylation sites is 1. The van der Waals surface area contributed by atoms with E-state index in [9.17, 15) is 0 Å². The van der Waals surface area contributed by atoms with Crippen LogP contribution in [-0.4, -0.2) is 5.11 Å². The highest BCUT2D eigenvalue weighted by atomic mass is 32.1. The molecule has 2 nitrogen and oxygen atoms in total. The highest BCUT2D eigenvalue weighted by molar-refractivity contribution is 7.80. The van der Waals surface area contributed by atoms with E-state index < -0.39 is 0 Å². The largest absolute Gasteiger partial charge is 0.356 e. The maximum Gasteiger partial charge on any atom is 0.171 e. The number of hydrogen-bond acceptors (Lipinski definition) is 1. The Morgan fingerprint density at radius 3 is 2.18 bits per heavy atom. The van der Waals surface area contributed by atoms with Crippen LogP contribution in [0.15, 0.2) is 54.6 Å². The first-order valence-electron chi connectivity index (χ1n) is 7.60. The molecule has 0 aliphatic heterocycles. The highest BCUT2D eigenvalue weighted by Gasteiger charge is 2.18. The average Bonchev–Trinajstić information content (AvgIpc) is 2.47. The van der Waals surface area contributed by atoms with Crippen molar-refractivity contribution in [3.05, 3.63) is 65.7 Å². The molecule has 0 amide bonds. The Hall–Kier alpha value is -1.87. The molecule has 0 unspecified atom stereocenters. The Balaban J connectivity index is 2.07. The molecule has 116 valence electrons. The van der Waals surface area contributed by atoms with Crippen LogP contribution >= 0.6 is 12.2 Å². The van der Waals surface area contributed by atoms with E-state index in [4.69, 9.17) is 12.2 Å².